The lowest BCUT2D eigenvalue weighted by atomic mass is 9.97. The Labute approximate surface area is 251 Å². The molecule has 10 atom stereocenters. The number of hydrogen-bond acceptors (Lipinski definition) is 15. The van der Waals surface area contributed by atoms with Gasteiger partial charge in [-0.3, -0.25) is 4.79 Å². The molecule has 3 heterocycles. The molecule has 17 heteroatoms. The fourth-order valence-electron chi connectivity index (χ4n) is 4.92. The van der Waals surface area contributed by atoms with Crippen LogP contribution in [0.1, 0.15) is 0 Å². The molecule has 45 heavy (non-hydrogen) atoms. The number of aliphatic hydroxyl groups excluding tert-OH is 5. The van der Waals surface area contributed by atoms with E-state index in [4.69, 9.17) is 28.1 Å². The number of hydrogen-bond donors (Lipinski definition) is 8. The summed E-state index contributed by atoms with van der Waals surface area (Å²) in [6.07, 6.45) is -20.3. The summed E-state index contributed by atoms with van der Waals surface area (Å²) >= 11 is 0. The van der Waals surface area contributed by atoms with E-state index in [0.29, 0.717) is 5.56 Å². The zero-order valence-electron chi connectivity index (χ0n) is 23.1. The predicted octanol–water partition coefficient (Wildman–Crippen LogP) is -1.64. The average Bonchev–Trinajstić information content (AvgIpc) is 3.00. The Kier molecular flexibility index (Phi) is 8.97. The molecule has 0 bridgehead atoms. The highest BCUT2D eigenvalue weighted by atomic mass is 16.8. The molecular formula is C28H28O17. The number of aliphatic hydroxyl groups is 5. The molecule has 0 aliphatic carbocycles. The molecule has 2 aromatic carbocycles. The molecule has 0 spiro atoms. The molecule has 3 aromatic rings. The van der Waals surface area contributed by atoms with Crippen LogP contribution in [0.15, 0.2) is 51.7 Å². The summed E-state index contributed by atoms with van der Waals surface area (Å²) in [5, 5.41) is 80.5. The molecule has 8 N–H and O–H groups in total. The molecule has 2 aliphatic rings. The van der Waals surface area contributed by atoms with E-state index in [2.05, 4.69) is 0 Å². The Hall–Kier alpha value is -4.33. The highest BCUT2D eigenvalue weighted by molar-refractivity contribution is 5.80. The van der Waals surface area contributed by atoms with Crippen LogP contribution in [0.4, 0.5) is 0 Å². The number of aromatic hydroxyl groups is 1. The quantitative estimate of drug-likeness (QED) is 0.138. The number of methoxy groups -OCH3 is 1. The summed E-state index contributed by atoms with van der Waals surface area (Å²) in [6.45, 7) is 0. The highest BCUT2D eigenvalue weighted by Gasteiger charge is 2.54. The van der Waals surface area contributed by atoms with E-state index in [1.165, 1.54) is 49.6 Å². The number of phenols is 1. The number of rotatable bonds is 8. The van der Waals surface area contributed by atoms with Gasteiger partial charge in [-0.1, -0.05) is 0 Å². The maximum absolute atomic E-state index is 12.9. The first-order chi connectivity index (χ1) is 21.3. The Morgan fingerprint density at radius 2 is 1.42 bits per heavy atom. The van der Waals surface area contributed by atoms with Gasteiger partial charge in [0, 0.05) is 17.7 Å². The van der Waals surface area contributed by atoms with E-state index in [-0.39, 0.29) is 34.0 Å². The number of aliphatic carboxylic acids is 2. The van der Waals surface area contributed by atoms with E-state index in [1.54, 1.807) is 0 Å². The molecule has 2 fully saturated rings. The molecule has 0 amide bonds. The number of fused-ring (bicyclic) bond motifs is 1. The molecule has 1 aromatic heterocycles. The molecular weight excluding hydrogens is 608 g/mol. The van der Waals surface area contributed by atoms with Crippen molar-refractivity contribution in [2.24, 2.45) is 0 Å². The molecule has 17 nitrogen and oxygen atoms in total. The number of phenolic OH excluding ortho intramolecular Hbond substituents is 1. The SMILES string of the molecule is COc1cc(-c2cc(=O)c3ccc(OC4OC(C(=O)O)C(O)C(O)C4OC4OC(C(=O)O)C(O)C(O)C4O)cc3o2)ccc1O. The Morgan fingerprint density at radius 3 is 2.07 bits per heavy atom. The molecule has 2 saturated heterocycles. The van der Waals surface area contributed by atoms with E-state index < -0.39 is 78.8 Å². The van der Waals surface area contributed by atoms with Crippen molar-refractivity contribution in [2.45, 2.75) is 61.4 Å². The first kappa shape index (κ1) is 32.1. The van der Waals surface area contributed by atoms with Gasteiger partial charge < -0.3 is 69.0 Å². The topological polar surface area (TPSA) is 272 Å². The zero-order chi connectivity index (χ0) is 32.7. The fraction of sp³-hybridized carbons (Fsp3) is 0.393. The minimum Gasteiger partial charge on any atom is -0.504 e. The monoisotopic (exact) mass is 636 g/mol. The predicted molar refractivity (Wildman–Crippen MR) is 144 cm³/mol. The third kappa shape index (κ3) is 6.15. The highest BCUT2D eigenvalue weighted by Crippen LogP contribution is 2.34. The Balaban J connectivity index is 1.48. The van der Waals surface area contributed by atoms with Crippen LogP contribution >= 0.6 is 0 Å². The second-order valence-corrected chi connectivity index (χ2v) is 10.2. The summed E-state index contributed by atoms with van der Waals surface area (Å²) in [5.41, 5.74) is -0.0989. The third-order valence-electron chi connectivity index (χ3n) is 7.31. The average molecular weight is 637 g/mol. The van der Waals surface area contributed by atoms with Crippen LogP contribution in [0.5, 0.6) is 17.2 Å². The van der Waals surface area contributed by atoms with Crippen molar-refractivity contribution in [2.75, 3.05) is 7.11 Å². The number of benzene rings is 2. The Morgan fingerprint density at radius 1 is 0.778 bits per heavy atom. The zero-order valence-corrected chi connectivity index (χ0v) is 23.1. The molecule has 0 radical (unpaired) electrons. The summed E-state index contributed by atoms with van der Waals surface area (Å²) in [7, 11) is 1.34. The van der Waals surface area contributed by atoms with Crippen LogP contribution in [0.3, 0.4) is 0 Å². The van der Waals surface area contributed by atoms with Crippen LogP contribution in [0, 0.1) is 0 Å². The van der Waals surface area contributed by atoms with E-state index in [0.717, 1.165) is 0 Å². The van der Waals surface area contributed by atoms with Crippen LogP contribution < -0.4 is 14.9 Å². The minimum absolute atomic E-state index is 0.0156. The third-order valence-corrected chi connectivity index (χ3v) is 7.31. The number of carboxylic acids is 2. The summed E-state index contributed by atoms with van der Waals surface area (Å²) < 4.78 is 32.6. The van der Waals surface area contributed by atoms with Crippen molar-refractivity contribution in [1.29, 1.82) is 0 Å². The van der Waals surface area contributed by atoms with Crippen molar-refractivity contribution in [3.05, 3.63) is 52.7 Å². The maximum atomic E-state index is 12.9. The van der Waals surface area contributed by atoms with Gasteiger partial charge in [-0.05, 0) is 30.3 Å². The van der Waals surface area contributed by atoms with E-state index in [9.17, 15) is 55.2 Å². The standard InChI is InChI=1S/C28H28O17/c1-40-16-6-9(2-5-12(16)29)14-8-13(30)11-4-3-10(7-15(11)42-14)41-28-24(20(34)19(33)23(44-28)26(38)39)45-27-21(35)17(31)18(32)22(43-27)25(36)37/h2-8,17-24,27-29,31-35H,1H3,(H,36,37)(H,38,39). The van der Waals surface area contributed by atoms with Gasteiger partial charge in [0.15, 0.2) is 41.5 Å². The van der Waals surface area contributed by atoms with Crippen LogP contribution in [0.25, 0.3) is 22.3 Å². The van der Waals surface area contributed by atoms with Crippen molar-refractivity contribution in [3.63, 3.8) is 0 Å². The van der Waals surface area contributed by atoms with E-state index >= 15 is 0 Å². The van der Waals surface area contributed by atoms with Gasteiger partial charge in [0.2, 0.25) is 6.29 Å². The lowest BCUT2D eigenvalue weighted by molar-refractivity contribution is -0.350. The normalized spacial score (nSPS) is 31.8. The summed E-state index contributed by atoms with van der Waals surface area (Å²) in [4.78, 5) is 36.1. The second kappa shape index (κ2) is 12.6. The summed E-state index contributed by atoms with van der Waals surface area (Å²) in [5.74, 6) is -3.48. The van der Waals surface area contributed by atoms with Gasteiger partial charge in [0.05, 0.1) is 12.5 Å². The Bertz CT molecular complexity index is 1640. The lowest BCUT2D eigenvalue weighted by Crippen LogP contribution is -2.66. The molecule has 242 valence electrons. The fourth-order valence-corrected chi connectivity index (χ4v) is 4.92. The molecule has 10 unspecified atom stereocenters. The van der Waals surface area contributed by atoms with Crippen molar-refractivity contribution in [3.8, 4) is 28.6 Å². The largest absolute Gasteiger partial charge is 0.504 e. The van der Waals surface area contributed by atoms with E-state index in [1.807, 2.05) is 0 Å². The van der Waals surface area contributed by atoms with Crippen molar-refractivity contribution in [1.82, 2.24) is 0 Å². The molecule has 0 saturated carbocycles. The van der Waals surface area contributed by atoms with Gasteiger partial charge >= 0.3 is 11.9 Å². The first-order valence-electron chi connectivity index (χ1n) is 13.2. The number of ether oxygens (including phenoxy) is 5. The number of carboxylic acid groups (broad SMARTS) is 2. The van der Waals surface area contributed by atoms with Crippen LogP contribution in [0.2, 0.25) is 0 Å². The van der Waals surface area contributed by atoms with Crippen LogP contribution in [-0.4, -0.2) is 121 Å². The smallest absolute Gasteiger partial charge is 0.335 e. The van der Waals surface area contributed by atoms with Crippen molar-refractivity contribution >= 4 is 22.9 Å². The maximum Gasteiger partial charge on any atom is 0.335 e. The lowest BCUT2D eigenvalue weighted by Gasteiger charge is -2.44. The second-order valence-electron chi connectivity index (χ2n) is 10.2. The van der Waals surface area contributed by atoms with Gasteiger partial charge in [-0.25, -0.2) is 9.59 Å². The molecule has 2 aliphatic heterocycles. The van der Waals surface area contributed by atoms with Gasteiger partial charge in [0.25, 0.3) is 0 Å². The first-order valence-corrected chi connectivity index (χ1v) is 13.2. The van der Waals surface area contributed by atoms with Crippen LogP contribution in [-0.2, 0) is 23.8 Å². The van der Waals surface area contributed by atoms with Crippen molar-refractivity contribution < 1.29 is 78.5 Å². The van der Waals surface area contributed by atoms with Gasteiger partial charge in [-0.2, -0.15) is 0 Å². The van der Waals surface area contributed by atoms with Gasteiger partial charge in [0.1, 0.15) is 47.6 Å². The summed E-state index contributed by atoms with van der Waals surface area (Å²) in [6, 6.07) is 9.29. The number of carbonyl (C=O) groups is 2. The molecule has 5 rings (SSSR count). The van der Waals surface area contributed by atoms with Gasteiger partial charge in [-0.15, -0.1) is 0 Å². The minimum atomic E-state index is -2.11.